The zero-order valence-electron chi connectivity index (χ0n) is 15.3. The second-order valence-corrected chi connectivity index (χ2v) is 8.75. The van der Waals surface area contributed by atoms with Crippen molar-refractivity contribution in [3.63, 3.8) is 0 Å². The van der Waals surface area contributed by atoms with E-state index in [-0.39, 0.29) is 18.1 Å². The lowest BCUT2D eigenvalue weighted by atomic mass is 10.1. The maximum absolute atomic E-state index is 13.1. The molecule has 1 amide bonds. The van der Waals surface area contributed by atoms with Crippen molar-refractivity contribution in [1.29, 1.82) is 0 Å². The average molecular weight is 397 g/mol. The molecule has 1 aromatic carbocycles. The van der Waals surface area contributed by atoms with E-state index in [2.05, 4.69) is 9.97 Å². The first kappa shape index (κ1) is 18.4. The topological polar surface area (TPSA) is 93.4 Å². The van der Waals surface area contributed by atoms with Crippen LogP contribution in [0, 0.1) is 6.92 Å². The van der Waals surface area contributed by atoms with Gasteiger partial charge in [-0.05, 0) is 41.5 Å². The molecule has 144 valence electrons. The van der Waals surface area contributed by atoms with Crippen LogP contribution in [-0.2, 0) is 27.6 Å². The molecule has 0 radical (unpaired) electrons. The van der Waals surface area contributed by atoms with Crippen LogP contribution in [-0.4, -0.2) is 41.0 Å². The van der Waals surface area contributed by atoms with Gasteiger partial charge in [-0.3, -0.25) is 9.78 Å². The summed E-state index contributed by atoms with van der Waals surface area (Å²) < 4.78 is 29.2. The molecule has 1 aliphatic rings. The number of fused-ring (bicyclic) bond motifs is 1. The van der Waals surface area contributed by atoms with Crippen molar-refractivity contribution in [2.45, 2.75) is 25.9 Å². The van der Waals surface area contributed by atoms with E-state index in [9.17, 15) is 13.2 Å². The molecular formula is C20H19N3O4S. The first-order chi connectivity index (χ1) is 13.4. The van der Waals surface area contributed by atoms with Crippen LogP contribution < -0.4 is 0 Å². The smallest absolute Gasteiger partial charge is 0.227 e. The SMILES string of the molecule is Cc1nc2cc(CC(=O)N(Cc3ccncc3)C3C=CS(=O)(=O)C3)ccc2o1. The predicted molar refractivity (Wildman–Crippen MR) is 104 cm³/mol. The Bertz CT molecular complexity index is 1150. The Morgan fingerprint density at radius 1 is 1.21 bits per heavy atom. The van der Waals surface area contributed by atoms with Gasteiger partial charge in [0.05, 0.1) is 18.2 Å². The second kappa shape index (κ2) is 7.20. The maximum atomic E-state index is 13.1. The molecule has 0 saturated carbocycles. The van der Waals surface area contributed by atoms with Crippen molar-refractivity contribution in [1.82, 2.24) is 14.9 Å². The number of aryl methyl sites for hydroxylation is 1. The molecule has 4 rings (SSSR count). The Morgan fingerprint density at radius 3 is 2.71 bits per heavy atom. The highest BCUT2D eigenvalue weighted by Gasteiger charge is 2.30. The van der Waals surface area contributed by atoms with E-state index < -0.39 is 15.9 Å². The number of benzene rings is 1. The highest BCUT2D eigenvalue weighted by Crippen LogP contribution is 2.21. The van der Waals surface area contributed by atoms with Crippen molar-refractivity contribution < 1.29 is 17.6 Å². The molecule has 0 N–H and O–H groups in total. The molecule has 3 aromatic rings. The first-order valence-corrected chi connectivity index (χ1v) is 10.6. The van der Waals surface area contributed by atoms with Gasteiger partial charge in [-0.25, -0.2) is 13.4 Å². The van der Waals surface area contributed by atoms with Crippen LogP contribution in [0.2, 0.25) is 0 Å². The molecular weight excluding hydrogens is 378 g/mol. The van der Waals surface area contributed by atoms with Crippen molar-refractivity contribution in [3.05, 3.63) is 71.2 Å². The van der Waals surface area contributed by atoms with Gasteiger partial charge in [0.2, 0.25) is 5.91 Å². The van der Waals surface area contributed by atoms with Crippen LogP contribution in [0.3, 0.4) is 0 Å². The quantitative estimate of drug-likeness (QED) is 0.656. The highest BCUT2D eigenvalue weighted by atomic mass is 32.2. The molecule has 3 heterocycles. The molecule has 28 heavy (non-hydrogen) atoms. The Balaban J connectivity index is 1.59. The van der Waals surface area contributed by atoms with Gasteiger partial charge >= 0.3 is 0 Å². The molecule has 2 aromatic heterocycles. The average Bonchev–Trinajstić information content (AvgIpc) is 3.20. The van der Waals surface area contributed by atoms with Gasteiger partial charge in [0.1, 0.15) is 5.52 Å². The third-order valence-electron chi connectivity index (χ3n) is 4.65. The van der Waals surface area contributed by atoms with Crippen LogP contribution in [0.5, 0.6) is 0 Å². The minimum Gasteiger partial charge on any atom is -0.441 e. The summed E-state index contributed by atoms with van der Waals surface area (Å²) in [4.78, 5) is 23.0. The van der Waals surface area contributed by atoms with E-state index >= 15 is 0 Å². The number of carbonyl (C=O) groups is 1. The molecule has 0 fully saturated rings. The van der Waals surface area contributed by atoms with Crippen molar-refractivity contribution in [2.24, 2.45) is 0 Å². The van der Waals surface area contributed by atoms with Gasteiger partial charge in [0.15, 0.2) is 21.3 Å². The molecule has 0 spiro atoms. The summed E-state index contributed by atoms with van der Waals surface area (Å²) >= 11 is 0. The number of aromatic nitrogens is 2. The first-order valence-electron chi connectivity index (χ1n) is 8.85. The normalized spacial score (nSPS) is 17.8. The fraction of sp³-hybridized carbons (Fsp3) is 0.250. The molecule has 8 heteroatoms. The number of hydrogen-bond acceptors (Lipinski definition) is 6. The van der Waals surface area contributed by atoms with Crippen LogP contribution in [0.15, 0.2) is 58.6 Å². The minimum atomic E-state index is -3.27. The number of pyridine rings is 1. The van der Waals surface area contributed by atoms with Crippen LogP contribution in [0.25, 0.3) is 11.1 Å². The molecule has 7 nitrogen and oxygen atoms in total. The Hall–Kier alpha value is -3.00. The van der Waals surface area contributed by atoms with E-state index in [0.717, 1.165) is 11.1 Å². The number of nitrogens with zero attached hydrogens (tertiary/aromatic N) is 3. The summed E-state index contributed by atoms with van der Waals surface area (Å²) in [5, 5.41) is 1.19. The number of carbonyl (C=O) groups excluding carboxylic acids is 1. The monoisotopic (exact) mass is 397 g/mol. The van der Waals surface area contributed by atoms with Gasteiger partial charge in [0, 0.05) is 31.3 Å². The molecule has 0 aliphatic carbocycles. The van der Waals surface area contributed by atoms with Crippen molar-refractivity contribution >= 4 is 26.8 Å². The van der Waals surface area contributed by atoms with Gasteiger partial charge in [-0.15, -0.1) is 0 Å². The Kier molecular flexibility index (Phi) is 4.72. The zero-order chi connectivity index (χ0) is 19.7. The Morgan fingerprint density at radius 2 is 2.00 bits per heavy atom. The lowest BCUT2D eigenvalue weighted by molar-refractivity contribution is -0.132. The molecule has 0 bridgehead atoms. The van der Waals surface area contributed by atoms with E-state index in [1.807, 2.05) is 24.3 Å². The predicted octanol–water partition coefficient (Wildman–Crippen LogP) is 2.41. The Labute approximate surface area is 162 Å². The van der Waals surface area contributed by atoms with Crippen LogP contribution in [0.1, 0.15) is 17.0 Å². The summed E-state index contributed by atoms with van der Waals surface area (Å²) in [6.07, 6.45) is 5.04. The largest absolute Gasteiger partial charge is 0.441 e. The van der Waals surface area contributed by atoms with Crippen LogP contribution in [0.4, 0.5) is 0 Å². The third-order valence-corrected chi connectivity index (χ3v) is 6.03. The lowest BCUT2D eigenvalue weighted by Crippen LogP contribution is -2.41. The summed E-state index contributed by atoms with van der Waals surface area (Å²) in [5.41, 5.74) is 3.07. The van der Waals surface area contributed by atoms with Crippen molar-refractivity contribution in [3.8, 4) is 0 Å². The van der Waals surface area contributed by atoms with Gasteiger partial charge in [-0.1, -0.05) is 6.07 Å². The molecule has 1 unspecified atom stereocenters. The molecule has 0 saturated heterocycles. The molecule has 1 atom stereocenters. The summed E-state index contributed by atoms with van der Waals surface area (Å²) in [5.74, 6) is 0.327. The zero-order valence-corrected chi connectivity index (χ0v) is 16.1. The standard InChI is InChI=1S/C20H19N3O4S/c1-14-22-18-10-16(2-3-19(18)27-14)11-20(24)23(12-15-4-7-21-8-5-15)17-6-9-28(25,26)13-17/h2-10,17H,11-13H2,1H3. The number of oxazole rings is 1. The summed E-state index contributed by atoms with van der Waals surface area (Å²) in [7, 11) is -3.27. The lowest BCUT2D eigenvalue weighted by Gasteiger charge is -2.28. The van der Waals surface area contributed by atoms with Gasteiger partial charge < -0.3 is 9.32 Å². The molecule has 1 aliphatic heterocycles. The van der Waals surface area contributed by atoms with Gasteiger partial charge in [-0.2, -0.15) is 0 Å². The van der Waals surface area contributed by atoms with Crippen molar-refractivity contribution in [2.75, 3.05) is 5.75 Å². The van der Waals surface area contributed by atoms with Crippen LogP contribution >= 0.6 is 0 Å². The fourth-order valence-electron chi connectivity index (χ4n) is 3.30. The van der Waals surface area contributed by atoms with Gasteiger partial charge in [0.25, 0.3) is 0 Å². The number of hydrogen-bond donors (Lipinski definition) is 0. The highest BCUT2D eigenvalue weighted by molar-refractivity contribution is 7.94. The van der Waals surface area contributed by atoms with E-state index in [4.69, 9.17) is 4.42 Å². The summed E-state index contributed by atoms with van der Waals surface area (Å²) in [6.45, 7) is 2.09. The van der Waals surface area contributed by atoms with E-state index in [1.165, 1.54) is 5.41 Å². The number of rotatable bonds is 5. The minimum absolute atomic E-state index is 0.0919. The second-order valence-electron chi connectivity index (χ2n) is 6.81. The summed E-state index contributed by atoms with van der Waals surface area (Å²) in [6, 6.07) is 8.61. The number of sulfone groups is 1. The van der Waals surface area contributed by atoms with E-state index in [0.29, 0.717) is 23.5 Å². The number of amides is 1. The van der Waals surface area contributed by atoms with E-state index in [1.54, 1.807) is 36.4 Å². The fourth-order valence-corrected chi connectivity index (χ4v) is 4.60. The maximum Gasteiger partial charge on any atom is 0.227 e. The third kappa shape index (κ3) is 3.96.